The van der Waals surface area contributed by atoms with Crippen molar-refractivity contribution in [1.82, 2.24) is 20.0 Å². The van der Waals surface area contributed by atoms with E-state index in [0.717, 1.165) is 30.0 Å². The Morgan fingerprint density at radius 1 is 1.23 bits per heavy atom. The van der Waals surface area contributed by atoms with Crippen LogP contribution < -0.4 is 5.32 Å². The van der Waals surface area contributed by atoms with E-state index in [4.69, 9.17) is 0 Å². The van der Waals surface area contributed by atoms with Gasteiger partial charge < -0.3 is 10.2 Å². The molecule has 26 heavy (non-hydrogen) atoms. The Morgan fingerprint density at radius 3 is 2.73 bits per heavy atom. The van der Waals surface area contributed by atoms with Gasteiger partial charge in [0.2, 0.25) is 0 Å². The smallest absolute Gasteiger partial charge is 0.255 e. The number of carbonyl (C=O) groups excluding carboxylic acids is 1. The Labute approximate surface area is 156 Å². The summed E-state index contributed by atoms with van der Waals surface area (Å²) < 4.78 is 1.85. The second-order valence-corrected chi connectivity index (χ2v) is 7.28. The minimum atomic E-state index is -0.0196. The third-order valence-corrected chi connectivity index (χ3v) is 5.37. The average Bonchev–Trinajstić information content (AvgIpc) is 2.95. The van der Waals surface area contributed by atoms with Crippen LogP contribution in [-0.4, -0.2) is 46.3 Å². The molecule has 1 amide bonds. The Kier molecular flexibility index (Phi) is 6.09. The SMILES string of the molecule is Cc1nn(-c2ccccc2)c(C)c1C(=O)NCCCN1CCCC[C@H]1C. The van der Waals surface area contributed by atoms with Gasteiger partial charge in [-0.2, -0.15) is 5.10 Å². The fourth-order valence-corrected chi connectivity index (χ4v) is 3.85. The molecule has 5 heteroatoms. The molecule has 1 aromatic carbocycles. The first kappa shape index (κ1) is 18.6. The van der Waals surface area contributed by atoms with Crippen LogP contribution in [-0.2, 0) is 0 Å². The standard InChI is InChI=1S/C21H30N4O/c1-16-10-7-8-14-24(16)15-9-13-22-21(26)20-17(2)23-25(18(20)3)19-11-5-4-6-12-19/h4-6,11-12,16H,7-10,13-15H2,1-3H3,(H,22,26)/t16-/m1/s1. The van der Waals surface area contributed by atoms with Crippen LogP contribution >= 0.6 is 0 Å². The summed E-state index contributed by atoms with van der Waals surface area (Å²) in [5.74, 6) is -0.0196. The van der Waals surface area contributed by atoms with E-state index < -0.39 is 0 Å². The van der Waals surface area contributed by atoms with Crippen LogP contribution in [0.4, 0.5) is 0 Å². The molecule has 1 aromatic heterocycles. The highest BCUT2D eigenvalue weighted by Gasteiger charge is 2.20. The molecule has 1 N–H and O–H groups in total. The Bertz CT molecular complexity index is 738. The van der Waals surface area contributed by atoms with E-state index in [1.165, 1.54) is 25.8 Å². The summed E-state index contributed by atoms with van der Waals surface area (Å²) in [4.78, 5) is 15.2. The van der Waals surface area contributed by atoms with E-state index in [2.05, 4.69) is 22.2 Å². The fourth-order valence-electron chi connectivity index (χ4n) is 3.85. The average molecular weight is 354 g/mol. The van der Waals surface area contributed by atoms with Crippen LogP contribution in [0.1, 0.15) is 54.4 Å². The normalized spacial score (nSPS) is 18.0. The Morgan fingerprint density at radius 2 is 2.00 bits per heavy atom. The van der Waals surface area contributed by atoms with Gasteiger partial charge in [0.15, 0.2) is 0 Å². The maximum atomic E-state index is 12.7. The largest absolute Gasteiger partial charge is 0.352 e. The van der Waals surface area contributed by atoms with Crippen molar-refractivity contribution in [3.63, 3.8) is 0 Å². The molecule has 0 radical (unpaired) electrons. The van der Waals surface area contributed by atoms with E-state index >= 15 is 0 Å². The lowest BCUT2D eigenvalue weighted by atomic mass is 10.0. The Balaban J connectivity index is 1.57. The lowest BCUT2D eigenvalue weighted by Gasteiger charge is -2.33. The number of nitrogens with one attached hydrogen (secondary N) is 1. The molecular formula is C21H30N4O. The van der Waals surface area contributed by atoms with Crippen LogP contribution in [0.15, 0.2) is 30.3 Å². The molecule has 1 atom stereocenters. The topological polar surface area (TPSA) is 50.2 Å². The van der Waals surface area contributed by atoms with Crippen molar-refractivity contribution >= 4 is 5.91 Å². The number of amides is 1. The maximum Gasteiger partial charge on any atom is 0.255 e. The molecule has 2 heterocycles. The summed E-state index contributed by atoms with van der Waals surface area (Å²) in [7, 11) is 0. The molecule has 3 rings (SSSR count). The van der Waals surface area contributed by atoms with Gasteiger partial charge >= 0.3 is 0 Å². The molecule has 1 fully saturated rings. The first-order valence-corrected chi connectivity index (χ1v) is 9.72. The molecular weight excluding hydrogens is 324 g/mol. The molecule has 0 bridgehead atoms. The van der Waals surface area contributed by atoms with Crippen LogP contribution in [0.25, 0.3) is 5.69 Å². The monoisotopic (exact) mass is 354 g/mol. The van der Waals surface area contributed by atoms with Crippen LogP contribution in [0.5, 0.6) is 0 Å². The molecule has 2 aromatic rings. The van der Waals surface area contributed by atoms with E-state index in [0.29, 0.717) is 18.2 Å². The summed E-state index contributed by atoms with van der Waals surface area (Å²) in [6, 6.07) is 10.6. The van der Waals surface area contributed by atoms with Gasteiger partial charge in [0.05, 0.1) is 22.6 Å². The van der Waals surface area contributed by atoms with Gasteiger partial charge in [0.25, 0.3) is 5.91 Å². The first-order chi connectivity index (χ1) is 12.6. The summed E-state index contributed by atoms with van der Waals surface area (Å²) in [6.45, 7) is 9.12. The number of piperidine rings is 1. The summed E-state index contributed by atoms with van der Waals surface area (Å²) in [5.41, 5.74) is 3.33. The van der Waals surface area contributed by atoms with Crippen LogP contribution in [0.2, 0.25) is 0 Å². The van der Waals surface area contributed by atoms with Crippen molar-refractivity contribution in [3.05, 3.63) is 47.3 Å². The maximum absolute atomic E-state index is 12.7. The van der Waals surface area contributed by atoms with Gasteiger partial charge in [-0.25, -0.2) is 4.68 Å². The number of nitrogens with zero attached hydrogens (tertiary/aromatic N) is 3. The van der Waals surface area contributed by atoms with Crippen molar-refractivity contribution in [3.8, 4) is 5.69 Å². The highest BCUT2D eigenvalue weighted by atomic mass is 16.1. The predicted molar refractivity (Wildman–Crippen MR) is 105 cm³/mol. The van der Waals surface area contributed by atoms with Gasteiger partial charge in [-0.3, -0.25) is 4.79 Å². The lowest BCUT2D eigenvalue weighted by molar-refractivity contribution is 0.0947. The van der Waals surface area contributed by atoms with Gasteiger partial charge in [0.1, 0.15) is 0 Å². The number of benzene rings is 1. The summed E-state index contributed by atoms with van der Waals surface area (Å²) in [5, 5.41) is 7.64. The highest BCUT2D eigenvalue weighted by molar-refractivity contribution is 5.96. The van der Waals surface area contributed by atoms with Gasteiger partial charge in [-0.15, -0.1) is 0 Å². The van der Waals surface area contributed by atoms with E-state index in [9.17, 15) is 4.79 Å². The molecule has 0 spiro atoms. The van der Waals surface area contributed by atoms with E-state index in [-0.39, 0.29) is 5.91 Å². The van der Waals surface area contributed by atoms with Crippen molar-refractivity contribution in [2.45, 2.75) is 52.5 Å². The minimum absolute atomic E-state index is 0.0196. The highest BCUT2D eigenvalue weighted by Crippen LogP contribution is 2.18. The van der Waals surface area contributed by atoms with Gasteiger partial charge in [-0.1, -0.05) is 24.6 Å². The van der Waals surface area contributed by atoms with Crippen molar-refractivity contribution < 1.29 is 4.79 Å². The number of para-hydroxylation sites is 1. The third kappa shape index (κ3) is 4.15. The van der Waals surface area contributed by atoms with Crippen molar-refractivity contribution in [1.29, 1.82) is 0 Å². The number of likely N-dealkylation sites (tertiary alicyclic amines) is 1. The summed E-state index contributed by atoms with van der Waals surface area (Å²) in [6.07, 6.45) is 4.93. The van der Waals surface area contributed by atoms with Gasteiger partial charge in [-0.05, 0) is 58.7 Å². The zero-order chi connectivity index (χ0) is 18.5. The lowest BCUT2D eigenvalue weighted by Crippen LogP contribution is -2.39. The zero-order valence-corrected chi connectivity index (χ0v) is 16.2. The van der Waals surface area contributed by atoms with E-state index in [1.807, 2.05) is 48.9 Å². The number of hydrogen-bond acceptors (Lipinski definition) is 3. The van der Waals surface area contributed by atoms with Crippen LogP contribution in [0, 0.1) is 13.8 Å². The first-order valence-electron chi connectivity index (χ1n) is 9.72. The number of carbonyl (C=O) groups is 1. The second kappa shape index (κ2) is 8.49. The molecule has 0 saturated carbocycles. The van der Waals surface area contributed by atoms with Crippen LogP contribution in [0.3, 0.4) is 0 Å². The molecule has 140 valence electrons. The molecule has 5 nitrogen and oxygen atoms in total. The molecule has 0 unspecified atom stereocenters. The second-order valence-electron chi connectivity index (χ2n) is 7.28. The zero-order valence-electron chi connectivity index (χ0n) is 16.2. The van der Waals surface area contributed by atoms with Gasteiger partial charge in [0, 0.05) is 19.1 Å². The molecule has 0 aliphatic carbocycles. The quantitative estimate of drug-likeness (QED) is 0.808. The molecule has 1 saturated heterocycles. The van der Waals surface area contributed by atoms with Crippen molar-refractivity contribution in [2.24, 2.45) is 0 Å². The number of rotatable bonds is 6. The molecule has 1 aliphatic heterocycles. The molecule has 1 aliphatic rings. The van der Waals surface area contributed by atoms with E-state index in [1.54, 1.807) is 0 Å². The predicted octanol–water partition coefficient (Wildman–Crippen LogP) is 3.48. The number of hydrogen-bond donors (Lipinski definition) is 1. The third-order valence-electron chi connectivity index (χ3n) is 5.37. The fraction of sp³-hybridized carbons (Fsp3) is 0.524. The minimum Gasteiger partial charge on any atom is -0.352 e. The number of aryl methyl sites for hydroxylation is 1. The summed E-state index contributed by atoms with van der Waals surface area (Å²) >= 11 is 0. The number of aromatic nitrogens is 2. The van der Waals surface area contributed by atoms with Crippen molar-refractivity contribution in [2.75, 3.05) is 19.6 Å². The Hall–Kier alpha value is -2.14.